The number of carbonyl (C=O) groups excluding carboxylic acids is 5. The third-order valence-electron chi connectivity index (χ3n) is 7.08. The molecule has 0 aromatic carbocycles. The minimum absolute atomic E-state index is 0.0639. The molecule has 3 aliphatic heterocycles. The van der Waals surface area contributed by atoms with E-state index >= 15 is 0 Å². The molecule has 2 saturated heterocycles. The number of rotatable bonds is 11. The molecule has 44 heavy (non-hydrogen) atoms. The summed E-state index contributed by atoms with van der Waals surface area (Å²) in [6, 6.07) is 0. The molecular formula is C29H40O15. The van der Waals surface area contributed by atoms with Gasteiger partial charge in [0.25, 0.3) is 0 Å². The van der Waals surface area contributed by atoms with Crippen molar-refractivity contribution in [2.45, 2.75) is 96.9 Å². The predicted octanol–water partition coefficient (Wildman–Crippen LogP) is 1.46. The van der Waals surface area contributed by atoms with Gasteiger partial charge in [0.05, 0.1) is 31.7 Å². The van der Waals surface area contributed by atoms with E-state index < -0.39 is 91.6 Å². The molecule has 15 heteroatoms. The van der Waals surface area contributed by atoms with Gasteiger partial charge in [-0.25, -0.2) is 4.79 Å². The Labute approximate surface area is 255 Å². The smallest absolute Gasteiger partial charge is 0.337 e. The highest BCUT2D eigenvalue weighted by atomic mass is 16.8. The van der Waals surface area contributed by atoms with Gasteiger partial charge in [-0.05, 0) is 13.3 Å². The number of ether oxygens (including phenoxy) is 10. The van der Waals surface area contributed by atoms with Crippen molar-refractivity contribution in [2.24, 2.45) is 11.8 Å². The van der Waals surface area contributed by atoms with Crippen molar-refractivity contribution < 1.29 is 71.3 Å². The molecule has 0 unspecified atom stereocenters. The first-order chi connectivity index (χ1) is 20.8. The number of methoxy groups -OCH3 is 1. The first-order valence-electron chi connectivity index (χ1n) is 14.1. The van der Waals surface area contributed by atoms with Crippen LogP contribution in [-0.2, 0) is 71.3 Å². The number of esters is 5. The Morgan fingerprint density at radius 1 is 0.909 bits per heavy atom. The van der Waals surface area contributed by atoms with Crippen LogP contribution in [0.1, 0.15) is 47.5 Å². The second-order valence-corrected chi connectivity index (χ2v) is 10.5. The molecule has 0 N–H and O–H groups in total. The van der Waals surface area contributed by atoms with E-state index in [9.17, 15) is 24.0 Å². The molecule has 0 aromatic rings. The monoisotopic (exact) mass is 628 g/mol. The first kappa shape index (κ1) is 35.0. The van der Waals surface area contributed by atoms with E-state index in [4.69, 9.17) is 47.4 Å². The lowest BCUT2D eigenvalue weighted by molar-refractivity contribution is -0.342. The maximum Gasteiger partial charge on any atom is 0.337 e. The van der Waals surface area contributed by atoms with Gasteiger partial charge >= 0.3 is 29.8 Å². The van der Waals surface area contributed by atoms with Gasteiger partial charge in [0, 0.05) is 46.0 Å². The van der Waals surface area contributed by atoms with E-state index in [-0.39, 0.29) is 18.1 Å². The van der Waals surface area contributed by atoms with Crippen molar-refractivity contribution in [1.29, 1.82) is 0 Å². The van der Waals surface area contributed by atoms with E-state index in [1.165, 1.54) is 26.4 Å². The molecule has 0 aliphatic carbocycles. The van der Waals surface area contributed by atoms with Crippen LogP contribution in [0.5, 0.6) is 0 Å². The Hall–Kier alpha value is -3.53. The van der Waals surface area contributed by atoms with Crippen LogP contribution < -0.4 is 0 Å². The van der Waals surface area contributed by atoms with E-state index in [2.05, 4.69) is 6.58 Å². The fourth-order valence-corrected chi connectivity index (χ4v) is 5.21. The second-order valence-electron chi connectivity index (χ2n) is 10.5. The largest absolute Gasteiger partial charge is 0.471 e. The molecule has 246 valence electrons. The number of hydrogen-bond donors (Lipinski definition) is 0. The zero-order chi connectivity index (χ0) is 32.6. The molecule has 3 aliphatic rings. The lowest BCUT2D eigenvalue weighted by Crippen LogP contribution is -2.63. The Kier molecular flexibility index (Phi) is 12.7. The quantitative estimate of drug-likeness (QED) is 0.182. The summed E-state index contributed by atoms with van der Waals surface area (Å²) < 4.78 is 56.2. The Balaban J connectivity index is 1.99. The van der Waals surface area contributed by atoms with Crippen LogP contribution in [0.3, 0.4) is 0 Å². The molecule has 0 saturated carbocycles. The lowest BCUT2D eigenvalue weighted by Gasteiger charge is -2.46. The molecule has 2 fully saturated rings. The minimum Gasteiger partial charge on any atom is -0.471 e. The summed E-state index contributed by atoms with van der Waals surface area (Å²) in [6.45, 7) is 10.4. The Morgan fingerprint density at radius 2 is 1.55 bits per heavy atom. The highest BCUT2D eigenvalue weighted by Gasteiger charge is 2.54. The maximum atomic E-state index is 12.7. The number of carbonyl (C=O) groups is 5. The molecule has 3 rings (SSSR count). The van der Waals surface area contributed by atoms with E-state index in [0.29, 0.717) is 13.0 Å². The summed E-state index contributed by atoms with van der Waals surface area (Å²) in [7, 11) is 1.24. The van der Waals surface area contributed by atoms with Gasteiger partial charge in [0.1, 0.15) is 12.7 Å². The molecule has 0 bridgehead atoms. The van der Waals surface area contributed by atoms with Gasteiger partial charge in [-0.15, -0.1) is 6.58 Å². The van der Waals surface area contributed by atoms with Crippen molar-refractivity contribution in [1.82, 2.24) is 0 Å². The fourth-order valence-electron chi connectivity index (χ4n) is 5.21. The highest BCUT2D eigenvalue weighted by molar-refractivity contribution is 5.89. The third-order valence-corrected chi connectivity index (χ3v) is 7.08. The topological polar surface area (TPSA) is 178 Å². The van der Waals surface area contributed by atoms with Crippen LogP contribution in [0.2, 0.25) is 0 Å². The van der Waals surface area contributed by atoms with Crippen molar-refractivity contribution in [3.05, 3.63) is 24.5 Å². The van der Waals surface area contributed by atoms with Gasteiger partial charge < -0.3 is 47.4 Å². The van der Waals surface area contributed by atoms with Crippen LogP contribution in [0, 0.1) is 11.8 Å². The van der Waals surface area contributed by atoms with E-state index in [1.807, 2.05) is 6.92 Å². The van der Waals surface area contributed by atoms with Gasteiger partial charge in [0.2, 0.25) is 12.6 Å². The summed E-state index contributed by atoms with van der Waals surface area (Å²) >= 11 is 0. The van der Waals surface area contributed by atoms with Gasteiger partial charge in [-0.1, -0.05) is 6.08 Å². The average molecular weight is 629 g/mol. The van der Waals surface area contributed by atoms with Crippen molar-refractivity contribution in [3.63, 3.8) is 0 Å². The normalized spacial score (nSPS) is 33.5. The fraction of sp³-hybridized carbons (Fsp3) is 0.690. The predicted molar refractivity (Wildman–Crippen MR) is 145 cm³/mol. The number of hydrogen-bond acceptors (Lipinski definition) is 15. The van der Waals surface area contributed by atoms with Crippen LogP contribution in [0.4, 0.5) is 0 Å². The summed E-state index contributed by atoms with van der Waals surface area (Å²) in [4.78, 5) is 60.7. The first-order valence-corrected chi connectivity index (χ1v) is 14.1. The summed E-state index contributed by atoms with van der Waals surface area (Å²) in [6.07, 6.45) is -5.29. The van der Waals surface area contributed by atoms with Gasteiger partial charge in [0.15, 0.2) is 24.6 Å². The van der Waals surface area contributed by atoms with Crippen LogP contribution >= 0.6 is 0 Å². The van der Waals surface area contributed by atoms with E-state index in [1.54, 1.807) is 0 Å². The zero-order valence-electron chi connectivity index (χ0n) is 25.6. The van der Waals surface area contributed by atoms with Crippen molar-refractivity contribution in [2.75, 3.05) is 20.3 Å². The molecule has 0 amide bonds. The molecular weight excluding hydrogens is 588 g/mol. The molecule has 3 heterocycles. The van der Waals surface area contributed by atoms with Gasteiger partial charge in [-0.3, -0.25) is 19.2 Å². The van der Waals surface area contributed by atoms with Crippen LogP contribution in [0.25, 0.3) is 0 Å². The zero-order valence-corrected chi connectivity index (χ0v) is 25.6. The third kappa shape index (κ3) is 9.24. The second kappa shape index (κ2) is 16.0. The standard InChI is InChI=1S/C29H40O15/c1-8-19-20(11-23-36-10-9-14(2)39-23)21(27(34)35-7)12-38-28(19)44-29-26(42-18(6)33)25(41-17(5)32)24(40-16(4)31)22(43-29)13-37-15(3)30/h8,12,14,19-20,22-26,28-29H,1,9-11,13H2,2-7H3/t14-,19+,20-,22+,23+,24+,25-,26+,28-,29-/m0/s1. The van der Waals surface area contributed by atoms with Crippen LogP contribution in [-0.4, -0.2) is 99.6 Å². The molecule has 0 spiro atoms. The molecule has 15 nitrogen and oxygen atoms in total. The van der Waals surface area contributed by atoms with Crippen LogP contribution in [0.15, 0.2) is 24.5 Å². The molecule has 0 aromatic heterocycles. The lowest BCUT2D eigenvalue weighted by atomic mass is 9.81. The summed E-state index contributed by atoms with van der Waals surface area (Å²) in [5.74, 6) is -5.01. The Bertz CT molecular complexity index is 1100. The minimum atomic E-state index is -1.51. The highest BCUT2D eigenvalue weighted by Crippen LogP contribution is 2.39. The molecule has 10 atom stereocenters. The Morgan fingerprint density at radius 3 is 2.11 bits per heavy atom. The average Bonchev–Trinajstić information content (AvgIpc) is 2.94. The van der Waals surface area contributed by atoms with E-state index in [0.717, 1.165) is 20.8 Å². The maximum absolute atomic E-state index is 12.7. The SMILES string of the molecule is C=C[C@H]1[C@H](O[C@@H]2O[C@H](COC(C)=O)[C@@H](OC(C)=O)[C@H](OC(C)=O)[C@H]2OC(C)=O)OC=C(C(=O)OC)[C@H]1C[C@@H]1OCC[C@H](C)O1. The van der Waals surface area contributed by atoms with Crippen molar-refractivity contribution >= 4 is 29.8 Å². The summed E-state index contributed by atoms with van der Waals surface area (Å²) in [5.41, 5.74) is 0.184. The summed E-state index contributed by atoms with van der Waals surface area (Å²) in [5, 5.41) is 0. The molecule has 0 radical (unpaired) electrons. The van der Waals surface area contributed by atoms with Gasteiger partial charge in [-0.2, -0.15) is 0 Å². The van der Waals surface area contributed by atoms with Crippen molar-refractivity contribution in [3.8, 4) is 0 Å².